The van der Waals surface area contributed by atoms with E-state index in [9.17, 15) is 13.2 Å². The number of hydrogen-bond acceptors (Lipinski definition) is 5. The first-order valence-corrected chi connectivity index (χ1v) is 9.10. The summed E-state index contributed by atoms with van der Waals surface area (Å²) in [6.45, 7) is 6.87. The highest BCUT2D eigenvalue weighted by Crippen LogP contribution is 2.20. The lowest BCUT2D eigenvalue weighted by molar-refractivity contribution is -0.118. The van der Waals surface area contributed by atoms with Crippen LogP contribution in [0, 0.1) is 0 Å². The number of amides is 1. The van der Waals surface area contributed by atoms with Gasteiger partial charge in [0.15, 0.2) is 21.3 Å². The van der Waals surface area contributed by atoms with Crippen LogP contribution in [-0.4, -0.2) is 36.4 Å². The number of benzene rings is 1. The van der Waals surface area contributed by atoms with Gasteiger partial charge in [-0.2, -0.15) is 0 Å². The Kier molecular flexibility index (Phi) is 4.79. The maximum absolute atomic E-state index is 12.0. The molecule has 23 heavy (non-hydrogen) atoms. The fourth-order valence-electron chi connectivity index (χ4n) is 1.90. The van der Waals surface area contributed by atoms with Crippen molar-refractivity contribution >= 4 is 26.8 Å². The Morgan fingerprint density at radius 2 is 1.96 bits per heavy atom. The highest BCUT2D eigenvalue weighted by molar-refractivity contribution is 7.93. The van der Waals surface area contributed by atoms with Crippen LogP contribution in [0.2, 0.25) is 0 Å². The maximum atomic E-state index is 12.0. The lowest BCUT2D eigenvalue weighted by Gasteiger charge is -2.19. The van der Waals surface area contributed by atoms with Crippen LogP contribution in [0.25, 0.3) is 11.1 Å². The standard InChI is InChI=1S/C16H22N2O4S/c1-11(15-18-12-7-5-6-8-13(12)22-15)9-17-14(19)10-23(20,21)16(2,3)4/h5-8,11H,9-10H2,1-4H3,(H,17,19). The zero-order valence-electron chi connectivity index (χ0n) is 13.8. The van der Waals surface area contributed by atoms with E-state index in [4.69, 9.17) is 4.42 Å². The molecule has 6 nitrogen and oxygen atoms in total. The predicted octanol–water partition coefficient (Wildman–Crippen LogP) is 2.26. The summed E-state index contributed by atoms with van der Waals surface area (Å²) in [5, 5.41) is 2.64. The molecule has 1 N–H and O–H groups in total. The van der Waals surface area contributed by atoms with Crippen LogP contribution in [0.15, 0.2) is 28.7 Å². The van der Waals surface area contributed by atoms with Crippen molar-refractivity contribution in [3.05, 3.63) is 30.2 Å². The van der Waals surface area contributed by atoms with E-state index in [1.807, 2.05) is 31.2 Å². The van der Waals surface area contributed by atoms with Gasteiger partial charge in [-0.15, -0.1) is 0 Å². The molecule has 0 bridgehead atoms. The maximum Gasteiger partial charge on any atom is 0.235 e. The minimum Gasteiger partial charge on any atom is -0.440 e. The van der Waals surface area contributed by atoms with E-state index in [1.165, 1.54) is 0 Å². The molecule has 0 aliphatic rings. The molecule has 0 saturated carbocycles. The Morgan fingerprint density at radius 1 is 1.30 bits per heavy atom. The molecule has 0 fully saturated rings. The van der Waals surface area contributed by atoms with Crippen molar-refractivity contribution in [2.45, 2.75) is 38.4 Å². The number of nitrogens with zero attached hydrogens (tertiary/aromatic N) is 1. The summed E-state index contributed by atoms with van der Waals surface area (Å²) in [6, 6.07) is 7.41. The monoisotopic (exact) mass is 338 g/mol. The molecule has 1 aromatic heterocycles. The SMILES string of the molecule is CC(CNC(=O)CS(=O)(=O)C(C)(C)C)c1nc2ccccc2o1. The number of carbonyl (C=O) groups is 1. The largest absolute Gasteiger partial charge is 0.440 e. The quantitative estimate of drug-likeness (QED) is 0.903. The number of sulfone groups is 1. The Morgan fingerprint density at radius 3 is 2.57 bits per heavy atom. The molecule has 0 radical (unpaired) electrons. The minimum atomic E-state index is -3.48. The number of nitrogens with one attached hydrogen (secondary N) is 1. The van der Waals surface area contributed by atoms with Crippen LogP contribution >= 0.6 is 0 Å². The third kappa shape index (κ3) is 4.10. The van der Waals surface area contributed by atoms with Crippen molar-refractivity contribution in [2.75, 3.05) is 12.3 Å². The molecule has 1 aromatic carbocycles. The fraction of sp³-hybridized carbons (Fsp3) is 0.500. The van der Waals surface area contributed by atoms with Crippen LogP contribution in [0.1, 0.15) is 39.5 Å². The summed E-state index contributed by atoms with van der Waals surface area (Å²) in [5.74, 6) is -0.659. The molecule has 0 saturated heterocycles. The van der Waals surface area contributed by atoms with Crippen molar-refractivity contribution in [3.63, 3.8) is 0 Å². The third-order valence-electron chi connectivity index (χ3n) is 3.59. The van der Waals surface area contributed by atoms with Gasteiger partial charge in [0.2, 0.25) is 5.91 Å². The number of oxazole rings is 1. The summed E-state index contributed by atoms with van der Waals surface area (Å²) in [5.41, 5.74) is 1.45. The lowest BCUT2D eigenvalue weighted by atomic mass is 10.2. The smallest absolute Gasteiger partial charge is 0.235 e. The number of rotatable bonds is 5. The van der Waals surface area contributed by atoms with Crippen molar-refractivity contribution in [3.8, 4) is 0 Å². The van der Waals surface area contributed by atoms with Crippen LogP contribution < -0.4 is 5.32 Å². The lowest BCUT2D eigenvalue weighted by Crippen LogP contribution is -2.39. The van der Waals surface area contributed by atoms with Crippen molar-refractivity contribution in [2.24, 2.45) is 0 Å². The van der Waals surface area contributed by atoms with Crippen LogP contribution in [0.5, 0.6) is 0 Å². The molecular weight excluding hydrogens is 316 g/mol. The fourth-order valence-corrected chi connectivity index (χ4v) is 2.78. The minimum absolute atomic E-state index is 0.149. The summed E-state index contributed by atoms with van der Waals surface area (Å²) in [4.78, 5) is 16.2. The topological polar surface area (TPSA) is 89.3 Å². The van der Waals surface area contributed by atoms with Crippen LogP contribution in [-0.2, 0) is 14.6 Å². The van der Waals surface area contributed by atoms with E-state index in [0.717, 1.165) is 5.52 Å². The Hall–Kier alpha value is -1.89. The van der Waals surface area contributed by atoms with E-state index in [2.05, 4.69) is 10.3 Å². The van der Waals surface area contributed by atoms with Gasteiger partial charge in [0.1, 0.15) is 11.3 Å². The molecule has 0 spiro atoms. The molecule has 1 unspecified atom stereocenters. The molecule has 2 rings (SSSR count). The van der Waals surface area contributed by atoms with Crippen LogP contribution in [0.4, 0.5) is 0 Å². The average Bonchev–Trinajstić information content (AvgIpc) is 2.87. The van der Waals surface area contributed by atoms with Crippen molar-refractivity contribution < 1.29 is 17.6 Å². The highest BCUT2D eigenvalue weighted by atomic mass is 32.2. The molecule has 2 aromatic rings. The van der Waals surface area contributed by atoms with Gasteiger partial charge in [-0.25, -0.2) is 13.4 Å². The second-order valence-electron chi connectivity index (χ2n) is 6.60. The van der Waals surface area contributed by atoms with E-state index in [0.29, 0.717) is 11.5 Å². The number of hydrogen-bond donors (Lipinski definition) is 1. The van der Waals surface area contributed by atoms with Gasteiger partial charge in [-0.1, -0.05) is 19.1 Å². The van der Waals surface area contributed by atoms with Gasteiger partial charge in [0.25, 0.3) is 0 Å². The van der Waals surface area contributed by atoms with Gasteiger partial charge >= 0.3 is 0 Å². The van der Waals surface area contributed by atoms with Crippen molar-refractivity contribution in [1.29, 1.82) is 0 Å². The summed E-state index contributed by atoms with van der Waals surface area (Å²) in [6.07, 6.45) is 0. The molecule has 0 aliphatic carbocycles. The first-order chi connectivity index (χ1) is 10.6. The van der Waals surface area contributed by atoms with Gasteiger partial charge in [0, 0.05) is 6.54 Å². The van der Waals surface area contributed by atoms with Crippen LogP contribution in [0.3, 0.4) is 0 Å². The Labute approximate surface area is 136 Å². The van der Waals surface area contributed by atoms with Gasteiger partial charge in [-0.3, -0.25) is 4.79 Å². The van der Waals surface area contributed by atoms with Crippen molar-refractivity contribution in [1.82, 2.24) is 10.3 Å². The zero-order valence-corrected chi connectivity index (χ0v) is 14.6. The number of fused-ring (bicyclic) bond motifs is 1. The van der Waals surface area contributed by atoms with Gasteiger partial charge in [-0.05, 0) is 32.9 Å². The van der Waals surface area contributed by atoms with Gasteiger partial charge in [0.05, 0.1) is 10.7 Å². The van der Waals surface area contributed by atoms with E-state index in [-0.39, 0.29) is 12.5 Å². The summed E-state index contributed by atoms with van der Waals surface area (Å²) < 4.78 is 28.7. The summed E-state index contributed by atoms with van der Waals surface area (Å²) >= 11 is 0. The predicted molar refractivity (Wildman–Crippen MR) is 89.0 cm³/mol. The molecule has 126 valence electrons. The van der Waals surface area contributed by atoms with Gasteiger partial charge < -0.3 is 9.73 Å². The Bertz CT molecular complexity index is 770. The second-order valence-corrected chi connectivity index (χ2v) is 9.34. The third-order valence-corrected chi connectivity index (χ3v) is 6.10. The molecular formula is C16H22N2O4S. The first kappa shape index (κ1) is 17.5. The van der Waals surface area contributed by atoms with E-state index in [1.54, 1.807) is 20.8 Å². The molecule has 0 aliphatic heterocycles. The zero-order chi connectivity index (χ0) is 17.3. The molecule has 1 atom stereocenters. The second kappa shape index (κ2) is 6.31. The molecule has 7 heteroatoms. The molecule has 1 amide bonds. The molecule has 1 heterocycles. The summed E-state index contributed by atoms with van der Waals surface area (Å²) in [7, 11) is -3.48. The van der Waals surface area contributed by atoms with E-state index < -0.39 is 26.2 Å². The van der Waals surface area contributed by atoms with E-state index >= 15 is 0 Å². The first-order valence-electron chi connectivity index (χ1n) is 7.44. The number of carbonyl (C=O) groups excluding carboxylic acids is 1. The number of para-hydroxylation sites is 2. The normalized spacial score (nSPS) is 13.9. The highest BCUT2D eigenvalue weighted by Gasteiger charge is 2.31. The number of aromatic nitrogens is 1. The average molecular weight is 338 g/mol. The Balaban J connectivity index is 1.96.